The van der Waals surface area contributed by atoms with Crippen LogP contribution >= 0.6 is 11.6 Å². The van der Waals surface area contributed by atoms with Crippen molar-refractivity contribution in [1.29, 1.82) is 0 Å². The summed E-state index contributed by atoms with van der Waals surface area (Å²) in [6.07, 6.45) is -0.552. The smallest absolute Gasteiger partial charge is 0.305 e. The lowest BCUT2D eigenvalue weighted by Crippen LogP contribution is -2.33. The van der Waals surface area contributed by atoms with Crippen LogP contribution in [0.15, 0.2) is 48.5 Å². The maximum atomic E-state index is 12.6. The van der Waals surface area contributed by atoms with Gasteiger partial charge in [0.05, 0.1) is 7.11 Å². The van der Waals surface area contributed by atoms with E-state index in [4.69, 9.17) is 16.3 Å². The molecule has 2 rings (SSSR count). The molecule has 0 aromatic heterocycles. The molecule has 2 aromatic rings. The van der Waals surface area contributed by atoms with Crippen LogP contribution < -0.4 is 10.1 Å². The Morgan fingerprint density at radius 1 is 1.16 bits per heavy atom. The van der Waals surface area contributed by atoms with Crippen LogP contribution in [-0.4, -0.2) is 25.1 Å². The van der Waals surface area contributed by atoms with Crippen LogP contribution in [0.1, 0.15) is 18.4 Å². The maximum absolute atomic E-state index is 12.6. The second-order valence-corrected chi connectivity index (χ2v) is 5.98. The maximum Gasteiger partial charge on any atom is 0.305 e. The van der Waals surface area contributed by atoms with Crippen molar-refractivity contribution in [3.8, 4) is 5.75 Å². The molecule has 0 fully saturated rings. The highest BCUT2D eigenvalue weighted by Gasteiger charge is 2.22. The van der Waals surface area contributed by atoms with Crippen molar-refractivity contribution in [3.05, 3.63) is 59.1 Å². The van der Waals surface area contributed by atoms with E-state index in [2.05, 4.69) is 10.1 Å². The molecule has 132 valence electrons. The largest absolute Gasteiger partial charge is 0.481 e. The van der Waals surface area contributed by atoms with Gasteiger partial charge in [0.15, 0.2) is 6.10 Å². The van der Waals surface area contributed by atoms with Gasteiger partial charge in [-0.15, -0.1) is 0 Å². The first kappa shape index (κ1) is 18.8. The minimum absolute atomic E-state index is 0.0794. The number of rotatable bonds is 7. The average molecular weight is 362 g/mol. The number of methoxy groups -OCH3 is 1. The highest BCUT2D eigenvalue weighted by Crippen LogP contribution is 2.20. The van der Waals surface area contributed by atoms with Gasteiger partial charge in [-0.3, -0.25) is 9.59 Å². The van der Waals surface area contributed by atoms with Crippen LogP contribution in [0.2, 0.25) is 5.02 Å². The number of anilines is 1. The van der Waals surface area contributed by atoms with E-state index >= 15 is 0 Å². The molecule has 6 heteroatoms. The summed E-state index contributed by atoms with van der Waals surface area (Å²) in [5, 5.41) is 3.32. The number of esters is 1. The normalized spacial score (nSPS) is 11.5. The molecule has 0 radical (unpaired) electrons. The molecular formula is C19H20ClNO4. The summed E-state index contributed by atoms with van der Waals surface area (Å²) in [7, 11) is 1.31. The fourth-order valence-electron chi connectivity index (χ4n) is 2.29. The number of nitrogens with one attached hydrogen (secondary N) is 1. The third kappa shape index (κ3) is 6.12. The molecule has 0 saturated carbocycles. The molecule has 0 bridgehead atoms. The van der Waals surface area contributed by atoms with Gasteiger partial charge < -0.3 is 14.8 Å². The van der Waals surface area contributed by atoms with E-state index in [0.29, 0.717) is 16.5 Å². The molecular weight excluding hydrogens is 342 g/mol. The summed E-state index contributed by atoms with van der Waals surface area (Å²) in [6.45, 7) is 1.89. The predicted octanol–water partition coefficient (Wildman–Crippen LogP) is 3.99. The summed E-state index contributed by atoms with van der Waals surface area (Å²) < 4.78 is 10.4. The van der Waals surface area contributed by atoms with E-state index < -0.39 is 12.1 Å². The minimum Gasteiger partial charge on any atom is -0.481 e. The number of amides is 1. The predicted molar refractivity (Wildman–Crippen MR) is 96.9 cm³/mol. The zero-order valence-corrected chi connectivity index (χ0v) is 14.9. The van der Waals surface area contributed by atoms with Crippen LogP contribution in [0.3, 0.4) is 0 Å². The Hall–Kier alpha value is -2.53. The van der Waals surface area contributed by atoms with Crippen molar-refractivity contribution in [1.82, 2.24) is 0 Å². The van der Waals surface area contributed by atoms with Crippen molar-refractivity contribution in [2.24, 2.45) is 0 Å². The second kappa shape index (κ2) is 9.08. The van der Waals surface area contributed by atoms with Gasteiger partial charge in [-0.1, -0.05) is 29.8 Å². The average Bonchev–Trinajstić information content (AvgIpc) is 2.58. The number of para-hydroxylation sites is 1. The Balaban J connectivity index is 2.11. The van der Waals surface area contributed by atoms with Crippen LogP contribution in [-0.2, 0) is 14.3 Å². The van der Waals surface area contributed by atoms with E-state index in [1.54, 1.807) is 24.3 Å². The van der Waals surface area contributed by atoms with Crippen LogP contribution in [0.4, 0.5) is 5.69 Å². The number of hydrogen-bond acceptors (Lipinski definition) is 4. The van der Waals surface area contributed by atoms with Gasteiger partial charge in [0.1, 0.15) is 5.75 Å². The Morgan fingerprint density at radius 3 is 2.52 bits per heavy atom. The third-order valence-electron chi connectivity index (χ3n) is 3.46. The first-order chi connectivity index (χ1) is 12.0. The first-order valence-electron chi connectivity index (χ1n) is 7.84. The Kier molecular flexibility index (Phi) is 6.83. The van der Waals surface area contributed by atoms with Crippen LogP contribution in [0.25, 0.3) is 0 Å². The molecule has 1 atom stereocenters. The molecule has 0 saturated heterocycles. The van der Waals surface area contributed by atoms with Crippen LogP contribution in [0.5, 0.6) is 5.75 Å². The van der Waals surface area contributed by atoms with E-state index in [-0.39, 0.29) is 18.7 Å². The van der Waals surface area contributed by atoms with Gasteiger partial charge in [-0.05, 0) is 42.8 Å². The standard InChI is InChI=1S/C19H20ClNO4/c1-13-10-14(20)12-15(11-13)21-19(23)17(8-9-18(22)24-2)25-16-6-4-3-5-7-16/h3-7,10-12,17H,8-9H2,1-2H3,(H,21,23). The van der Waals surface area contributed by atoms with Crippen molar-refractivity contribution >= 4 is 29.2 Å². The zero-order chi connectivity index (χ0) is 18.2. The van der Waals surface area contributed by atoms with Gasteiger partial charge in [0.25, 0.3) is 5.91 Å². The fourth-order valence-corrected chi connectivity index (χ4v) is 2.58. The highest BCUT2D eigenvalue weighted by atomic mass is 35.5. The van der Waals surface area contributed by atoms with Gasteiger partial charge in [-0.25, -0.2) is 0 Å². The quantitative estimate of drug-likeness (QED) is 0.757. The van der Waals surface area contributed by atoms with Crippen molar-refractivity contribution in [2.45, 2.75) is 25.9 Å². The second-order valence-electron chi connectivity index (χ2n) is 5.54. The summed E-state index contributed by atoms with van der Waals surface area (Å²) in [4.78, 5) is 24.0. The van der Waals surface area contributed by atoms with Gasteiger partial charge in [-0.2, -0.15) is 0 Å². The lowest BCUT2D eigenvalue weighted by atomic mass is 10.1. The molecule has 5 nitrogen and oxygen atoms in total. The van der Waals surface area contributed by atoms with Crippen molar-refractivity contribution in [2.75, 3.05) is 12.4 Å². The number of ether oxygens (including phenoxy) is 2. The van der Waals surface area contributed by atoms with E-state index in [1.165, 1.54) is 7.11 Å². The Morgan fingerprint density at radius 2 is 1.88 bits per heavy atom. The van der Waals surface area contributed by atoms with Gasteiger partial charge >= 0.3 is 5.97 Å². The minimum atomic E-state index is -0.833. The molecule has 0 aliphatic heterocycles. The topological polar surface area (TPSA) is 64.6 Å². The molecule has 1 amide bonds. The Labute approximate surface area is 151 Å². The molecule has 0 heterocycles. The molecule has 1 unspecified atom stereocenters. The molecule has 2 aromatic carbocycles. The molecule has 25 heavy (non-hydrogen) atoms. The number of benzene rings is 2. The zero-order valence-electron chi connectivity index (χ0n) is 14.1. The summed E-state index contributed by atoms with van der Waals surface area (Å²) >= 11 is 6.02. The summed E-state index contributed by atoms with van der Waals surface area (Å²) in [5.41, 5.74) is 1.51. The molecule has 0 spiro atoms. The summed E-state index contributed by atoms with van der Waals surface area (Å²) in [5.74, 6) is -0.197. The molecule has 0 aliphatic rings. The van der Waals surface area contributed by atoms with Crippen molar-refractivity contribution < 1.29 is 19.1 Å². The Bertz CT molecular complexity index is 713. The number of hydrogen-bond donors (Lipinski definition) is 1. The fraction of sp³-hybridized carbons (Fsp3) is 0.263. The number of carbonyl (C=O) groups is 2. The summed E-state index contributed by atoms with van der Waals surface area (Å²) in [6, 6.07) is 14.2. The van der Waals surface area contributed by atoms with E-state index in [1.807, 2.05) is 31.2 Å². The first-order valence-corrected chi connectivity index (χ1v) is 8.22. The van der Waals surface area contributed by atoms with Gasteiger partial charge in [0, 0.05) is 23.6 Å². The lowest BCUT2D eigenvalue weighted by molar-refractivity contribution is -0.141. The number of halogens is 1. The number of carbonyl (C=O) groups excluding carboxylic acids is 2. The van der Waals surface area contributed by atoms with Crippen LogP contribution in [0, 0.1) is 6.92 Å². The SMILES string of the molecule is COC(=O)CCC(Oc1ccccc1)C(=O)Nc1cc(C)cc(Cl)c1. The highest BCUT2D eigenvalue weighted by molar-refractivity contribution is 6.31. The number of aryl methyl sites for hydroxylation is 1. The van der Waals surface area contributed by atoms with Gasteiger partial charge in [0.2, 0.25) is 0 Å². The third-order valence-corrected chi connectivity index (χ3v) is 3.68. The molecule has 1 N–H and O–H groups in total. The van der Waals surface area contributed by atoms with E-state index in [9.17, 15) is 9.59 Å². The molecule has 0 aliphatic carbocycles. The van der Waals surface area contributed by atoms with Crippen molar-refractivity contribution in [3.63, 3.8) is 0 Å². The lowest BCUT2D eigenvalue weighted by Gasteiger charge is -2.18. The monoisotopic (exact) mass is 361 g/mol. The van der Waals surface area contributed by atoms with E-state index in [0.717, 1.165) is 5.56 Å².